The number of nitrogens with zero attached hydrogens (tertiary/aromatic N) is 2. The molecule has 0 aliphatic rings. The quantitative estimate of drug-likeness (QED) is 0.613. The first-order chi connectivity index (χ1) is 12.7. The molecule has 0 spiro atoms. The van der Waals surface area contributed by atoms with E-state index < -0.39 is 0 Å². The first-order valence-corrected chi connectivity index (χ1v) is 9.50. The molecule has 6 heteroatoms. The van der Waals surface area contributed by atoms with Crippen LogP contribution < -0.4 is 5.32 Å². The summed E-state index contributed by atoms with van der Waals surface area (Å²) in [5, 5.41) is 11.4. The van der Waals surface area contributed by atoms with Crippen molar-refractivity contribution in [2.24, 2.45) is 0 Å². The van der Waals surface area contributed by atoms with Gasteiger partial charge < -0.3 is 9.73 Å². The second-order valence-corrected chi connectivity index (χ2v) is 6.96. The van der Waals surface area contributed by atoms with Crippen LogP contribution in [0.25, 0.3) is 0 Å². The van der Waals surface area contributed by atoms with Crippen molar-refractivity contribution < 1.29 is 9.21 Å². The summed E-state index contributed by atoms with van der Waals surface area (Å²) < 4.78 is 5.65. The highest BCUT2D eigenvalue weighted by Gasteiger charge is 2.13. The first kappa shape index (κ1) is 18.2. The van der Waals surface area contributed by atoms with E-state index in [0.717, 1.165) is 5.56 Å². The maximum absolute atomic E-state index is 11.9. The summed E-state index contributed by atoms with van der Waals surface area (Å²) >= 11 is 1.26. The van der Waals surface area contributed by atoms with Crippen LogP contribution in [0.3, 0.4) is 0 Å². The SMILES string of the molecule is CC(Cc1nnc(SCC(=O)NCc2ccccc2)o1)c1ccccc1. The van der Waals surface area contributed by atoms with Crippen LogP contribution in [0.1, 0.15) is 29.9 Å². The average molecular weight is 367 g/mol. The zero-order valence-corrected chi connectivity index (χ0v) is 15.4. The number of aromatic nitrogens is 2. The number of carbonyl (C=O) groups is 1. The molecule has 1 aromatic heterocycles. The predicted octanol–water partition coefficient (Wildman–Crippen LogP) is 3.82. The van der Waals surface area contributed by atoms with Gasteiger partial charge in [0.15, 0.2) is 0 Å². The standard InChI is InChI=1S/C20H21N3O2S/c1-15(17-10-6-3-7-11-17)12-19-22-23-20(25-19)26-14-18(24)21-13-16-8-4-2-5-9-16/h2-11,15H,12-14H2,1H3,(H,21,24). The summed E-state index contributed by atoms with van der Waals surface area (Å²) in [6.07, 6.45) is 0.678. The number of hydrogen-bond acceptors (Lipinski definition) is 5. The van der Waals surface area contributed by atoms with Crippen LogP contribution in [0.5, 0.6) is 0 Å². The molecule has 2 aromatic carbocycles. The van der Waals surface area contributed by atoms with Gasteiger partial charge in [-0.05, 0) is 17.0 Å². The fourth-order valence-electron chi connectivity index (χ4n) is 2.52. The van der Waals surface area contributed by atoms with E-state index in [2.05, 4.69) is 34.6 Å². The minimum atomic E-state index is -0.0590. The molecule has 1 heterocycles. The zero-order valence-electron chi connectivity index (χ0n) is 14.6. The van der Waals surface area contributed by atoms with Gasteiger partial charge in [-0.15, -0.1) is 10.2 Å². The summed E-state index contributed by atoms with van der Waals surface area (Å²) in [6, 6.07) is 20.0. The van der Waals surface area contributed by atoms with Crippen LogP contribution in [-0.4, -0.2) is 21.9 Å². The maximum Gasteiger partial charge on any atom is 0.277 e. The minimum Gasteiger partial charge on any atom is -0.416 e. The van der Waals surface area contributed by atoms with E-state index in [1.54, 1.807) is 0 Å². The van der Waals surface area contributed by atoms with Crippen LogP contribution >= 0.6 is 11.8 Å². The number of rotatable bonds is 8. The van der Waals surface area contributed by atoms with Gasteiger partial charge in [0.1, 0.15) is 0 Å². The molecule has 1 N–H and O–H groups in total. The Labute approximate surface area is 157 Å². The van der Waals surface area contributed by atoms with Gasteiger partial charge in [0.25, 0.3) is 5.22 Å². The highest BCUT2D eigenvalue weighted by molar-refractivity contribution is 7.99. The molecule has 0 bridgehead atoms. The zero-order chi connectivity index (χ0) is 18.2. The molecule has 5 nitrogen and oxygen atoms in total. The Morgan fingerprint density at radius 2 is 1.77 bits per heavy atom. The number of hydrogen-bond donors (Lipinski definition) is 1. The van der Waals surface area contributed by atoms with Gasteiger partial charge in [0.05, 0.1) is 5.75 Å². The highest BCUT2D eigenvalue weighted by Crippen LogP contribution is 2.22. The van der Waals surface area contributed by atoms with Gasteiger partial charge in [-0.1, -0.05) is 79.3 Å². The molecule has 0 radical (unpaired) electrons. The Balaban J connectivity index is 1.44. The largest absolute Gasteiger partial charge is 0.416 e. The van der Waals surface area contributed by atoms with Gasteiger partial charge in [-0.3, -0.25) is 4.79 Å². The minimum absolute atomic E-state index is 0.0590. The number of carbonyl (C=O) groups excluding carboxylic acids is 1. The maximum atomic E-state index is 11.9. The van der Waals surface area contributed by atoms with E-state index >= 15 is 0 Å². The van der Waals surface area contributed by atoms with Crippen LogP contribution in [0.2, 0.25) is 0 Å². The van der Waals surface area contributed by atoms with E-state index in [9.17, 15) is 4.79 Å². The second kappa shape index (κ2) is 9.20. The Bertz CT molecular complexity index is 821. The van der Waals surface area contributed by atoms with Crippen LogP contribution in [0, 0.1) is 0 Å². The van der Waals surface area contributed by atoms with Gasteiger partial charge in [-0.2, -0.15) is 0 Å². The average Bonchev–Trinajstić information content (AvgIpc) is 3.13. The molecule has 3 rings (SSSR count). The normalized spacial score (nSPS) is 11.9. The van der Waals surface area contributed by atoms with E-state index in [-0.39, 0.29) is 11.7 Å². The van der Waals surface area contributed by atoms with Gasteiger partial charge in [0, 0.05) is 13.0 Å². The fraction of sp³-hybridized carbons (Fsp3) is 0.250. The van der Waals surface area contributed by atoms with Crippen molar-refractivity contribution in [1.82, 2.24) is 15.5 Å². The van der Waals surface area contributed by atoms with Crippen molar-refractivity contribution in [3.05, 3.63) is 77.7 Å². The van der Waals surface area contributed by atoms with Crippen molar-refractivity contribution >= 4 is 17.7 Å². The lowest BCUT2D eigenvalue weighted by Gasteiger charge is -2.08. The van der Waals surface area contributed by atoms with Gasteiger partial charge >= 0.3 is 0 Å². The fourth-order valence-corrected chi connectivity index (χ4v) is 3.13. The first-order valence-electron chi connectivity index (χ1n) is 8.51. The van der Waals surface area contributed by atoms with Crippen LogP contribution in [0.15, 0.2) is 70.3 Å². The molecule has 26 heavy (non-hydrogen) atoms. The lowest BCUT2D eigenvalue weighted by atomic mass is 9.98. The van der Waals surface area contributed by atoms with Gasteiger partial charge in [0.2, 0.25) is 11.8 Å². The number of benzene rings is 2. The van der Waals surface area contributed by atoms with Gasteiger partial charge in [-0.25, -0.2) is 0 Å². The third-order valence-corrected chi connectivity index (χ3v) is 4.78. The Morgan fingerprint density at radius 1 is 1.08 bits per heavy atom. The summed E-state index contributed by atoms with van der Waals surface area (Å²) in [6.45, 7) is 2.65. The molecular formula is C20H21N3O2S. The Morgan fingerprint density at radius 3 is 2.50 bits per heavy atom. The third kappa shape index (κ3) is 5.46. The highest BCUT2D eigenvalue weighted by atomic mass is 32.2. The Kier molecular flexibility index (Phi) is 6.44. The molecule has 1 unspecified atom stereocenters. The molecule has 3 aromatic rings. The molecule has 0 aliphatic heterocycles. The monoisotopic (exact) mass is 367 g/mol. The lowest BCUT2D eigenvalue weighted by molar-refractivity contribution is -0.118. The third-order valence-electron chi connectivity index (χ3n) is 3.96. The number of thioether (sulfide) groups is 1. The Hall–Kier alpha value is -2.60. The van der Waals surface area contributed by atoms with Crippen LogP contribution in [0.4, 0.5) is 0 Å². The molecule has 1 amide bonds. The van der Waals surface area contributed by atoms with Crippen molar-refractivity contribution in [3.63, 3.8) is 0 Å². The van der Waals surface area contributed by atoms with E-state index in [0.29, 0.717) is 30.0 Å². The molecule has 134 valence electrons. The smallest absolute Gasteiger partial charge is 0.277 e. The molecule has 1 atom stereocenters. The molecule has 0 saturated carbocycles. The van der Waals surface area contributed by atoms with Crippen LogP contribution in [-0.2, 0) is 17.8 Å². The lowest BCUT2D eigenvalue weighted by Crippen LogP contribution is -2.24. The summed E-state index contributed by atoms with van der Waals surface area (Å²) in [5.41, 5.74) is 2.31. The van der Waals surface area contributed by atoms with Crippen molar-refractivity contribution in [2.75, 3.05) is 5.75 Å². The van der Waals surface area contributed by atoms with Crippen molar-refractivity contribution in [3.8, 4) is 0 Å². The van der Waals surface area contributed by atoms with Crippen molar-refractivity contribution in [1.29, 1.82) is 0 Å². The topological polar surface area (TPSA) is 68.0 Å². The van der Waals surface area contributed by atoms with E-state index in [1.807, 2.05) is 48.5 Å². The van der Waals surface area contributed by atoms with E-state index in [1.165, 1.54) is 17.3 Å². The summed E-state index contributed by atoms with van der Waals surface area (Å²) in [7, 11) is 0. The number of amides is 1. The molecular weight excluding hydrogens is 346 g/mol. The predicted molar refractivity (Wildman–Crippen MR) is 102 cm³/mol. The molecule has 0 saturated heterocycles. The molecule has 0 aliphatic carbocycles. The summed E-state index contributed by atoms with van der Waals surface area (Å²) in [4.78, 5) is 11.9. The number of nitrogens with one attached hydrogen (secondary N) is 1. The van der Waals surface area contributed by atoms with Crippen molar-refractivity contribution in [2.45, 2.75) is 31.0 Å². The summed E-state index contributed by atoms with van der Waals surface area (Å²) in [5.74, 6) is 1.08. The molecule has 0 fully saturated rings. The van der Waals surface area contributed by atoms with E-state index in [4.69, 9.17) is 4.42 Å². The second-order valence-electron chi connectivity index (χ2n) is 6.03.